The second kappa shape index (κ2) is 4.31. The first-order valence-corrected chi connectivity index (χ1v) is 6.12. The minimum Gasteiger partial charge on any atom is -0.368 e. The van der Waals surface area contributed by atoms with E-state index in [0.29, 0.717) is 11.4 Å². The van der Waals surface area contributed by atoms with E-state index in [1.54, 1.807) is 0 Å². The Balaban J connectivity index is 1.99. The summed E-state index contributed by atoms with van der Waals surface area (Å²) < 4.78 is 0. The number of hydrogen-bond donors (Lipinski definition) is 2. The van der Waals surface area contributed by atoms with Crippen LogP contribution in [-0.2, 0) is 0 Å². The van der Waals surface area contributed by atoms with Gasteiger partial charge in [-0.1, -0.05) is 26.7 Å². The lowest BCUT2D eigenvalue weighted by molar-refractivity contribution is 0.199. The van der Waals surface area contributed by atoms with Gasteiger partial charge in [-0.2, -0.15) is 4.98 Å². The summed E-state index contributed by atoms with van der Waals surface area (Å²) in [6.07, 6.45) is 5.00. The average molecular weight is 223 g/mol. The van der Waals surface area contributed by atoms with Crippen LogP contribution in [0.3, 0.4) is 0 Å². The van der Waals surface area contributed by atoms with E-state index < -0.39 is 0 Å². The van der Waals surface area contributed by atoms with Crippen LogP contribution in [-0.4, -0.2) is 28.3 Å². The van der Waals surface area contributed by atoms with Crippen molar-refractivity contribution in [1.29, 1.82) is 0 Å². The van der Waals surface area contributed by atoms with Gasteiger partial charge in [0, 0.05) is 13.1 Å². The molecule has 0 bridgehead atoms. The molecule has 1 fully saturated rings. The lowest BCUT2D eigenvalue weighted by atomic mass is 9.74. The van der Waals surface area contributed by atoms with E-state index in [1.165, 1.54) is 25.7 Å². The molecule has 16 heavy (non-hydrogen) atoms. The topological polar surface area (TPSA) is 70.8 Å². The Labute approximate surface area is 96.4 Å². The van der Waals surface area contributed by atoms with Crippen LogP contribution in [0.5, 0.6) is 0 Å². The minimum atomic E-state index is 0.401. The van der Waals surface area contributed by atoms with Crippen molar-refractivity contribution in [3.63, 3.8) is 0 Å². The monoisotopic (exact) mass is 223 g/mol. The summed E-state index contributed by atoms with van der Waals surface area (Å²) in [5.74, 6) is 1.15. The van der Waals surface area contributed by atoms with Crippen molar-refractivity contribution < 1.29 is 0 Å². The first-order chi connectivity index (χ1) is 7.69. The zero-order valence-corrected chi connectivity index (χ0v) is 10.2. The molecule has 0 amide bonds. The number of nitrogens with two attached hydrogens (primary N) is 1. The van der Waals surface area contributed by atoms with Crippen molar-refractivity contribution in [3.05, 3.63) is 0 Å². The molecule has 2 rings (SSSR count). The molecular weight excluding hydrogens is 202 g/mol. The van der Waals surface area contributed by atoms with E-state index in [1.807, 2.05) is 0 Å². The third-order valence-corrected chi connectivity index (χ3v) is 4.10. The van der Waals surface area contributed by atoms with Crippen molar-refractivity contribution in [2.45, 2.75) is 39.5 Å². The van der Waals surface area contributed by atoms with E-state index in [2.05, 4.69) is 33.9 Å². The zero-order chi connectivity index (χ0) is 11.6. The van der Waals surface area contributed by atoms with Gasteiger partial charge < -0.3 is 10.6 Å². The molecule has 0 saturated carbocycles. The maximum absolute atomic E-state index is 5.54. The van der Waals surface area contributed by atoms with Crippen LogP contribution < -0.4 is 10.6 Å². The number of rotatable bonds is 3. The normalized spacial score (nSPS) is 20.0. The molecule has 1 aliphatic rings. The van der Waals surface area contributed by atoms with Crippen LogP contribution in [0.15, 0.2) is 0 Å². The predicted molar refractivity (Wildman–Crippen MR) is 65.3 cm³/mol. The van der Waals surface area contributed by atoms with Gasteiger partial charge in [-0.05, 0) is 18.3 Å². The Kier molecular flexibility index (Phi) is 3.03. The number of nitrogen functional groups attached to an aromatic ring is 1. The molecule has 0 aliphatic carbocycles. The van der Waals surface area contributed by atoms with E-state index in [9.17, 15) is 0 Å². The SMILES string of the molecule is CCC1(CC)CCN(c2n[nH]c(N)n2)CC1. The summed E-state index contributed by atoms with van der Waals surface area (Å²) in [4.78, 5) is 6.39. The maximum atomic E-state index is 5.54. The standard InChI is InChI=1S/C11H21N5/c1-3-11(4-2)5-7-16(8-6-11)10-13-9(12)14-15-10/h3-8H2,1-2H3,(H3,12,13,14,15). The van der Waals surface area contributed by atoms with Crippen molar-refractivity contribution in [2.75, 3.05) is 23.7 Å². The molecule has 0 spiro atoms. The highest BCUT2D eigenvalue weighted by atomic mass is 15.4. The Bertz CT molecular complexity index is 332. The van der Waals surface area contributed by atoms with Crippen molar-refractivity contribution in [3.8, 4) is 0 Å². The molecule has 1 aromatic rings. The van der Waals surface area contributed by atoms with Gasteiger partial charge in [-0.15, -0.1) is 5.10 Å². The minimum absolute atomic E-state index is 0.401. The molecule has 3 N–H and O–H groups in total. The second-order valence-electron chi connectivity index (χ2n) is 4.71. The van der Waals surface area contributed by atoms with Gasteiger partial charge in [0.1, 0.15) is 0 Å². The summed E-state index contributed by atoms with van der Waals surface area (Å²) >= 11 is 0. The van der Waals surface area contributed by atoms with Crippen LogP contribution in [0.25, 0.3) is 0 Å². The van der Waals surface area contributed by atoms with Gasteiger partial charge in [0.15, 0.2) is 0 Å². The third kappa shape index (κ3) is 1.99. The largest absolute Gasteiger partial charge is 0.368 e. The summed E-state index contributed by atoms with van der Waals surface area (Å²) in [6.45, 7) is 6.67. The first-order valence-electron chi connectivity index (χ1n) is 6.12. The molecule has 2 heterocycles. The molecule has 1 aliphatic heterocycles. The maximum Gasteiger partial charge on any atom is 0.246 e. The fraction of sp³-hybridized carbons (Fsp3) is 0.818. The molecule has 0 aromatic carbocycles. The van der Waals surface area contributed by atoms with Gasteiger partial charge in [-0.25, -0.2) is 5.10 Å². The van der Waals surface area contributed by atoms with Crippen molar-refractivity contribution in [2.24, 2.45) is 5.41 Å². The fourth-order valence-electron chi connectivity index (χ4n) is 2.54. The number of aromatic nitrogens is 3. The van der Waals surface area contributed by atoms with E-state index in [0.717, 1.165) is 19.0 Å². The van der Waals surface area contributed by atoms with Crippen LogP contribution in [0, 0.1) is 5.41 Å². The molecule has 90 valence electrons. The summed E-state index contributed by atoms with van der Waals surface area (Å²) in [7, 11) is 0. The van der Waals surface area contributed by atoms with E-state index in [4.69, 9.17) is 5.73 Å². The van der Waals surface area contributed by atoms with Crippen molar-refractivity contribution >= 4 is 11.9 Å². The highest BCUT2D eigenvalue weighted by Crippen LogP contribution is 2.38. The number of piperidine rings is 1. The lowest BCUT2D eigenvalue weighted by Crippen LogP contribution is -2.40. The fourth-order valence-corrected chi connectivity index (χ4v) is 2.54. The molecule has 5 nitrogen and oxygen atoms in total. The summed E-state index contributed by atoms with van der Waals surface area (Å²) in [5.41, 5.74) is 6.08. The molecule has 1 aromatic heterocycles. The molecule has 0 radical (unpaired) electrons. The zero-order valence-electron chi connectivity index (χ0n) is 10.2. The highest BCUT2D eigenvalue weighted by Gasteiger charge is 2.32. The molecule has 0 unspecified atom stereocenters. The molecule has 1 saturated heterocycles. The van der Waals surface area contributed by atoms with Crippen molar-refractivity contribution in [1.82, 2.24) is 15.2 Å². The van der Waals surface area contributed by atoms with Crippen LogP contribution >= 0.6 is 0 Å². The first kappa shape index (κ1) is 11.2. The summed E-state index contributed by atoms with van der Waals surface area (Å²) in [5, 5.41) is 6.79. The quantitative estimate of drug-likeness (QED) is 0.819. The van der Waals surface area contributed by atoms with Gasteiger partial charge in [-0.3, -0.25) is 0 Å². The number of nitrogens with zero attached hydrogens (tertiary/aromatic N) is 3. The van der Waals surface area contributed by atoms with Crippen LogP contribution in [0.4, 0.5) is 11.9 Å². The number of hydrogen-bond acceptors (Lipinski definition) is 4. The third-order valence-electron chi connectivity index (χ3n) is 4.10. The van der Waals surface area contributed by atoms with E-state index in [-0.39, 0.29) is 0 Å². The number of anilines is 2. The van der Waals surface area contributed by atoms with Gasteiger partial charge in [0.05, 0.1) is 0 Å². The summed E-state index contributed by atoms with van der Waals surface area (Å²) in [6, 6.07) is 0. The Morgan fingerprint density at radius 3 is 2.38 bits per heavy atom. The number of nitrogens with one attached hydrogen (secondary N) is 1. The van der Waals surface area contributed by atoms with E-state index >= 15 is 0 Å². The van der Waals surface area contributed by atoms with Gasteiger partial charge in [0.2, 0.25) is 11.9 Å². The Hall–Kier alpha value is -1.26. The molecule has 5 heteroatoms. The molecule has 0 atom stereocenters. The smallest absolute Gasteiger partial charge is 0.246 e. The van der Waals surface area contributed by atoms with Gasteiger partial charge in [0.25, 0.3) is 0 Å². The van der Waals surface area contributed by atoms with Crippen LogP contribution in [0.2, 0.25) is 0 Å². The number of H-pyrrole nitrogens is 1. The number of aromatic amines is 1. The van der Waals surface area contributed by atoms with Crippen LogP contribution in [0.1, 0.15) is 39.5 Å². The second-order valence-corrected chi connectivity index (χ2v) is 4.71. The Morgan fingerprint density at radius 2 is 1.94 bits per heavy atom. The highest BCUT2D eigenvalue weighted by molar-refractivity contribution is 5.34. The Morgan fingerprint density at radius 1 is 1.31 bits per heavy atom. The molecular formula is C11H21N5. The van der Waals surface area contributed by atoms with Gasteiger partial charge >= 0.3 is 0 Å². The predicted octanol–water partition coefficient (Wildman–Crippen LogP) is 1.79. The average Bonchev–Trinajstić information content (AvgIpc) is 2.76. The lowest BCUT2D eigenvalue weighted by Gasteiger charge is -2.40.